The van der Waals surface area contributed by atoms with E-state index in [0.717, 1.165) is 4.90 Å². The van der Waals surface area contributed by atoms with Crippen molar-refractivity contribution >= 4 is 11.6 Å². The summed E-state index contributed by atoms with van der Waals surface area (Å²) >= 11 is 0. The average Bonchev–Trinajstić information content (AvgIpc) is 2.68. The van der Waals surface area contributed by atoms with Gasteiger partial charge < -0.3 is 24.4 Å². The number of para-hydroxylation sites is 1. The lowest BCUT2D eigenvalue weighted by atomic mass is 10.0. The third-order valence-corrected chi connectivity index (χ3v) is 4.54. The number of carbonyl (C=O) groups excluding carboxylic acids is 1. The predicted octanol–water partition coefficient (Wildman–Crippen LogP) is 3.60. The van der Waals surface area contributed by atoms with Crippen LogP contribution in [0.5, 0.6) is 17.2 Å². The van der Waals surface area contributed by atoms with E-state index in [1.54, 1.807) is 30.3 Å². The molecular weight excluding hydrogens is 377 g/mol. The number of hydrogen-bond acceptors (Lipinski definition) is 5. The number of methoxy groups -OCH3 is 1. The molecule has 0 spiro atoms. The second kappa shape index (κ2) is 6.81. The number of hydrogen-bond donors (Lipinski definition) is 1. The highest BCUT2D eigenvalue weighted by molar-refractivity contribution is 6.01. The normalized spacial score (nSPS) is 18.4. The van der Waals surface area contributed by atoms with Crippen LogP contribution in [0.25, 0.3) is 0 Å². The minimum absolute atomic E-state index is 0.188. The van der Waals surface area contributed by atoms with Crippen LogP contribution < -0.4 is 19.5 Å². The summed E-state index contributed by atoms with van der Waals surface area (Å²) in [6.07, 6.45) is -5.60. The van der Waals surface area contributed by atoms with Crippen molar-refractivity contribution in [2.45, 2.75) is 12.3 Å². The SMILES string of the molecule is COc1cc([C@@H]2Nc3ccccc3C(=O)N2CC(F)(F)F)cc2c1OCCO2. The van der Waals surface area contributed by atoms with Crippen LogP contribution in [0.3, 0.4) is 0 Å². The summed E-state index contributed by atoms with van der Waals surface area (Å²) in [5, 5.41) is 3.03. The Kier molecular flexibility index (Phi) is 4.44. The number of nitrogens with zero attached hydrogens (tertiary/aromatic N) is 1. The predicted molar refractivity (Wildman–Crippen MR) is 93.9 cm³/mol. The molecule has 0 fully saturated rings. The zero-order valence-corrected chi connectivity index (χ0v) is 14.9. The molecule has 1 N–H and O–H groups in total. The first-order valence-electron chi connectivity index (χ1n) is 8.58. The number of rotatable bonds is 3. The summed E-state index contributed by atoms with van der Waals surface area (Å²) in [6.45, 7) is -0.739. The molecule has 2 aromatic rings. The van der Waals surface area contributed by atoms with Crippen molar-refractivity contribution in [3.63, 3.8) is 0 Å². The Morgan fingerprint density at radius 3 is 2.71 bits per heavy atom. The Morgan fingerprint density at radius 1 is 1.21 bits per heavy atom. The van der Waals surface area contributed by atoms with Gasteiger partial charge >= 0.3 is 6.18 Å². The summed E-state index contributed by atoms with van der Waals surface area (Å²) < 4.78 is 56.0. The van der Waals surface area contributed by atoms with Crippen LogP contribution in [-0.4, -0.2) is 43.9 Å². The fraction of sp³-hybridized carbons (Fsp3) is 0.316. The Labute approximate surface area is 158 Å². The van der Waals surface area contributed by atoms with Gasteiger partial charge in [0.2, 0.25) is 5.75 Å². The van der Waals surface area contributed by atoms with Crippen LogP contribution in [0, 0.1) is 0 Å². The number of nitrogens with one attached hydrogen (secondary N) is 1. The van der Waals surface area contributed by atoms with Gasteiger partial charge in [0.15, 0.2) is 11.5 Å². The van der Waals surface area contributed by atoms with E-state index < -0.39 is 24.8 Å². The number of ether oxygens (including phenoxy) is 3. The van der Waals surface area contributed by atoms with Gasteiger partial charge in [0.25, 0.3) is 5.91 Å². The van der Waals surface area contributed by atoms with Crippen LogP contribution >= 0.6 is 0 Å². The largest absolute Gasteiger partial charge is 0.493 e. The fourth-order valence-corrected chi connectivity index (χ4v) is 3.36. The van der Waals surface area contributed by atoms with Crippen molar-refractivity contribution in [1.29, 1.82) is 0 Å². The quantitative estimate of drug-likeness (QED) is 0.862. The minimum Gasteiger partial charge on any atom is -0.493 e. The van der Waals surface area contributed by atoms with E-state index in [9.17, 15) is 18.0 Å². The molecule has 2 heterocycles. The maximum absolute atomic E-state index is 13.2. The summed E-state index contributed by atoms with van der Waals surface area (Å²) in [6, 6.07) is 9.59. The van der Waals surface area contributed by atoms with Gasteiger partial charge in [-0.05, 0) is 24.3 Å². The highest BCUT2D eigenvalue weighted by Gasteiger charge is 2.41. The van der Waals surface area contributed by atoms with Crippen LogP contribution in [-0.2, 0) is 0 Å². The Morgan fingerprint density at radius 2 is 1.96 bits per heavy atom. The first-order chi connectivity index (χ1) is 13.4. The Bertz CT molecular complexity index is 899. The van der Waals surface area contributed by atoms with Crippen molar-refractivity contribution in [2.75, 3.05) is 32.2 Å². The lowest BCUT2D eigenvalue weighted by molar-refractivity contribution is -0.144. The molecule has 0 aromatic heterocycles. The van der Waals surface area contributed by atoms with E-state index >= 15 is 0 Å². The summed E-state index contributed by atoms with van der Waals surface area (Å²) in [5.41, 5.74) is 1.05. The molecule has 0 saturated carbocycles. The summed E-state index contributed by atoms with van der Waals surface area (Å²) in [7, 11) is 1.43. The maximum atomic E-state index is 13.2. The van der Waals surface area contributed by atoms with Gasteiger partial charge in [-0.3, -0.25) is 4.79 Å². The molecule has 0 radical (unpaired) electrons. The number of alkyl halides is 3. The van der Waals surface area contributed by atoms with E-state index in [4.69, 9.17) is 14.2 Å². The van der Waals surface area contributed by atoms with Gasteiger partial charge in [0.1, 0.15) is 25.9 Å². The molecule has 2 aliphatic rings. The van der Waals surface area contributed by atoms with E-state index in [1.165, 1.54) is 13.2 Å². The molecule has 148 valence electrons. The monoisotopic (exact) mass is 394 g/mol. The third-order valence-electron chi connectivity index (χ3n) is 4.54. The molecular formula is C19H17F3N2O4. The van der Waals surface area contributed by atoms with Gasteiger partial charge in [-0.1, -0.05) is 12.1 Å². The summed E-state index contributed by atoms with van der Waals surface area (Å²) in [4.78, 5) is 13.6. The highest BCUT2D eigenvalue weighted by Crippen LogP contribution is 2.44. The van der Waals surface area contributed by atoms with E-state index in [2.05, 4.69) is 5.32 Å². The smallest absolute Gasteiger partial charge is 0.406 e. The second-order valence-electron chi connectivity index (χ2n) is 6.39. The van der Waals surface area contributed by atoms with Crippen molar-refractivity contribution in [1.82, 2.24) is 4.90 Å². The van der Waals surface area contributed by atoms with Crippen molar-refractivity contribution in [3.05, 3.63) is 47.5 Å². The maximum Gasteiger partial charge on any atom is 0.406 e. The lowest BCUT2D eigenvalue weighted by Crippen LogP contribution is -2.47. The number of halogens is 3. The molecule has 1 atom stereocenters. The van der Waals surface area contributed by atoms with Crippen molar-refractivity contribution in [2.24, 2.45) is 0 Å². The standard InChI is InChI=1S/C19H17F3N2O4/c1-26-14-8-11(9-15-16(14)28-7-6-27-15)17-23-13-5-3-2-4-12(13)18(25)24(17)10-19(20,21)22/h2-5,8-9,17,23H,6-7,10H2,1H3/t17-/m1/s1. The molecule has 2 aromatic carbocycles. The molecule has 1 amide bonds. The minimum atomic E-state index is -4.56. The number of carbonyl (C=O) groups is 1. The Hall–Kier alpha value is -3.10. The fourth-order valence-electron chi connectivity index (χ4n) is 3.36. The van der Waals surface area contributed by atoms with Gasteiger partial charge in [0.05, 0.1) is 12.7 Å². The highest BCUT2D eigenvalue weighted by atomic mass is 19.4. The van der Waals surface area contributed by atoms with E-state index in [1.807, 2.05) is 0 Å². The third kappa shape index (κ3) is 3.28. The van der Waals surface area contributed by atoms with Crippen molar-refractivity contribution < 1.29 is 32.2 Å². The lowest BCUT2D eigenvalue weighted by Gasteiger charge is -2.38. The van der Waals surface area contributed by atoms with Gasteiger partial charge in [-0.2, -0.15) is 13.2 Å². The van der Waals surface area contributed by atoms with Gasteiger partial charge in [-0.25, -0.2) is 0 Å². The number of fused-ring (bicyclic) bond motifs is 2. The van der Waals surface area contributed by atoms with Gasteiger partial charge in [-0.15, -0.1) is 0 Å². The number of anilines is 1. The number of benzene rings is 2. The first kappa shape index (κ1) is 18.3. The van der Waals surface area contributed by atoms with E-state index in [-0.39, 0.29) is 5.56 Å². The zero-order valence-electron chi connectivity index (χ0n) is 14.9. The molecule has 6 nitrogen and oxygen atoms in total. The molecule has 0 bridgehead atoms. The first-order valence-corrected chi connectivity index (χ1v) is 8.58. The zero-order chi connectivity index (χ0) is 19.9. The van der Waals surface area contributed by atoms with Crippen LogP contribution in [0.15, 0.2) is 36.4 Å². The second-order valence-corrected chi connectivity index (χ2v) is 6.39. The van der Waals surface area contributed by atoms with Crippen LogP contribution in [0.2, 0.25) is 0 Å². The van der Waals surface area contributed by atoms with Crippen LogP contribution in [0.1, 0.15) is 22.1 Å². The molecule has 4 rings (SSSR count). The van der Waals surface area contributed by atoms with Gasteiger partial charge in [0, 0.05) is 11.3 Å². The Balaban J connectivity index is 1.81. The van der Waals surface area contributed by atoms with E-state index in [0.29, 0.717) is 41.7 Å². The summed E-state index contributed by atoms with van der Waals surface area (Å²) in [5.74, 6) is 0.376. The molecule has 28 heavy (non-hydrogen) atoms. The average molecular weight is 394 g/mol. The molecule has 9 heteroatoms. The number of amides is 1. The molecule has 0 aliphatic carbocycles. The topological polar surface area (TPSA) is 60.0 Å². The molecule has 0 saturated heterocycles. The van der Waals surface area contributed by atoms with Crippen LogP contribution in [0.4, 0.5) is 18.9 Å². The molecule has 0 unspecified atom stereocenters. The molecule has 2 aliphatic heterocycles. The van der Waals surface area contributed by atoms with Crippen molar-refractivity contribution in [3.8, 4) is 17.2 Å².